The van der Waals surface area contributed by atoms with Gasteiger partial charge >= 0.3 is 5.97 Å². The molecular formula is C16H14ClNO3. The van der Waals surface area contributed by atoms with Crippen molar-refractivity contribution in [3.63, 3.8) is 0 Å². The molecule has 4 nitrogen and oxygen atoms in total. The second-order valence-corrected chi connectivity index (χ2v) is 5.44. The van der Waals surface area contributed by atoms with Crippen LogP contribution in [0.25, 0.3) is 0 Å². The van der Waals surface area contributed by atoms with Gasteiger partial charge in [0.25, 0.3) is 0 Å². The molecule has 0 N–H and O–H groups in total. The molecule has 0 amide bonds. The maximum atomic E-state index is 12.7. The van der Waals surface area contributed by atoms with Gasteiger partial charge in [-0.1, -0.05) is 18.5 Å². The lowest BCUT2D eigenvalue weighted by atomic mass is 10.0. The van der Waals surface area contributed by atoms with Crippen LogP contribution >= 0.6 is 11.6 Å². The van der Waals surface area contributed by atoms with Gasteiger partial charge in [0, 0.05) is 23.2 Å². The molecular weight excluding hydrogens is 290 g/mol. The average Bonchev–Trinajstić information content (AvgIpc) is 2.95. The number of carbonyl (C=O) groups excluding carboxylic acids is 2. The van der Waals surface area contributed by atoms with Gasteiger partial charge in [-0.3, -0.25) is 9.59 Å². The van der Waals surface area contributed by atoms with Crippen LogP contribution < -0.4 is 4.74 Å². The predicted molar refractivity (Wildman–Crippen MR) is 79.0 cm³/mol. The number of esters is 1. The Morgan fingerprint density at radius 1 is 1.33 bits per heavy atom. The number of aromatic nitrogens is 1. The van der Waals surface area contributed by atoms with Crippen molar-refractivity contribution in [2.75, 3.05) is 0 Å². The van der Waals surface area contributed by atoms with E-state index in [0.29, 0.717) is 28.5 Å². The molecule has 1 aromatic carbocycles. The lowest BCUT2D eigenvalue weighted by Gasteiger charge is -2.08. The first-order chi connectivity index (χ1) is 10.0. The smallest absolute Gasteiger partial charge is 0.317 e. The molecule has 2 aromatic rings. The Kier molecular flexibility index (Phi) is 3.33. The third kappa shape index (κ3) is 2.16. The zero-order valence-electron chi connectivity index (χ0n) is 11.8. The first kappa shape index (κ1) is 13.9. The number of fused-ring (bicyclic) bond motifs is 1. The molecule has 0 bridgehead atoms. The van der Waals surface area contributed by atoms with Crippen molar-refractivity contribution in [3.05, 3.63) is 51.8 Å². The highest BCUT2D eigenvalue weighted by Gasteiger charge is 2.32. The van der Waals surface area contributed by atoms with Gasteiger partial charge in [0.05, 0.1) is 17.8 Å². The highest BCUT2D eigenvalue weighted by Crippen LogP contribution is 2.36. The highest BCUT2D eigenvalue weighted by molar-refractivity contribution is 6.30. The maximum absolute atomic E-state index is 12.7. The number of hydrogen-bond donors (Lipinski definition) is 0. The fourth-order valence-corrected chi connectivity index (χ4v) is 2.86. The number of halogens is 1. The Hall–Kier alpha value is -2.07. The van der Waals surface area contributed by atoms with Gasteiger partial charge in [-0.15, -0.1) is 0 Å². The molecule has 1 aliphatic rings. The number of ether oxygens (including phenoxy) is 1. The van der Waals surface area contributed by atoms with Gasteiger partial charge in [-0.2, -0.15) is 0 Å². The van der Waals surface area contributed by atoms with E-state index < -0.39 is 0 Å². The molecule has 21 heavy (non-hydrogen) atoms. The lowest BCUT2D eigenvalue weighted by Crippen LogP contribution is -2.13. The van der Waals surface area contributed by atoms with E-state index in [0.717, 1.165) is 11.3 Å². The third-order valence-electron chi connectivity index (χ3n) is 3.77. The summed E-state index contributed by atoms with van der Waals surface area (Å²) in [5.41, 5.74) is 2.71. The molecule has 0 saturated carbocycles. The Morgan fingerprint density at radius 2 is 2.00 bits per heavy atom. The van der Waals surface area contributed by atoms with E-state index in [-0.39, 0.29) is 18.2 Å². The molecule has 0 fully saturated rings. The first-order valence-corrected chi connectivity index (χ1v) is 7.12. The molecule has 0 saturated heterocycles. The van der Waals surface area contributed by atoms with Crippen molar-refractivity contribution in [1.82, 2.24) is 4.57 Å². The van der Waals surface area contributed by atoms with E-state index in [9.17, 15) is 9.59 Å². The Labute approximate surface area is 127 Å². The van der Waals surface area contributed by atoms with Crippen LogP contribution in [0.5, 0.6) is 5.75 Å². The van der Waals surface area contributed by atoms with Crippen LogP contribution in [0.2, 0.25) is 5.02 Å². The summed E-state index contributed by atoms with van der Waals surface area (Å²) in [5.74, 6) is 0.203. The van der Waals surface area contributed by atoms with Crippen LogP contribution in [0.3, 0.4) is 0 Å². The molecule has 0 atom stereocenters. The van der Waals surface area contributed by atoms with Crippen LogP contribution in [0, 0.1) is 0 Å². The first-order valence-electron chi connectivity index (χ1n) is 6.74. The number of rotatable bonds is 3. The van der Waals surface area contributed by atoms with E-state index in [1.807, 2.05) is 6.92 Å². The topological polar surface area (TPSA) is 48.3 Å². The summed E-state index contributed by atoms with van der Waals surface area (Å²) in [6.45, 7) is 1.94. The largest absolute Gasteiger partial charge is 0.424 e. The van der Waals surface area contributed by atoms with E-state index >= 15 is 0 Å². The molecule has 5 heteroatoms. The summed E-state index contributed by atoms with van der Waals surface area (Å²) in [6.07, 6.45) is 0.845. The van der Waals surface area contributed by atoms with Gasteiger partial charge < -0.3 is 9.30 Å². The lowest BCUT2D eigenvalue weighted by molar-refractivity contribution is -0.131. The fourth-order valence-electron chi connectivity index (χ4n) is 2.73. The van der Waals surface area contributed by atoms with E-state index in [2.05, 4.69) is 0 Å². The Balaban J connectivity index is 2.11. The third-order valence-corrected chi connectivity index (χ3v) is 4.02. The minimum absolute atomic E-state index is 0.0866. The van der Waals surface area contributed by atoms with Crippen LogP contribution in [-0.4, -0.2) is 16.3 Å². The minimum atomic E-state index is -0.268. The van der Waals surface area contributed by atoms with Crippen molar-refractivity contribution in [2.24, 2.45) is 7.05 Å². The summed E-state index contributed by atoms with van der Waals surface area (Å²) < 4.78 is 7.04. The van der Waals surface area contributed by atoms with E-state index in [1.54, 1.807) is 35.9 Å². The van der Waals surface area contributed by atoms with Gasteiger partial charge in [0.2, 0.25) is 5.78 Å². The molecule has 3 rings (SSSR count). The molecule has 0 aliphatic carbocycles. The Bertz CT molecular complexity index is 744. The average molecular weight is 304 g/mol. The van der Waals surface area contributed by atoms with Gasteiger partial charge in [0.15, 0.2) is 5.75 Å². The molecule has 0 radical (unpaired) electrons. The monoisotopic (exact) mass is 303 g/mol. The number of ketones is 1. The second kappa shape index (κ2) is 5.04. The van der Waals surface area contributed by atoms with Crippen LogP contribution in [0.1, 0.15) is 34.2 Å². The zero-order chi connectivity index (χ0) is 15.1. The van der Waals surface area contributed by atoms with Crippen molar-refractivity contribution >= 4 is 23.4 Å². The number of nitrogens with zero attached hydrogens (tertiary/aromatic N) is 1. The van der Waals surface area contributed by atoms with Crippen molar-refractivity contribution in [2.45, 2.75) is 19.8 Å². The van der Waals surface area contributed by atoms with Crippen LogP contribution in [0.4, 0.5) is 0 Å². The SMILES string of the molecule is CCc1c2c(n(C)c1C(=O)c1ccc(Cl)cc1)CC(=O)O2. The van der Waals surface area contributed by atoms with E-state index in [4.69, 9.17) is 16.3 Å². The number of hydrogen-bond acceptors (Lipinski definition) is 3. The summed E-state index contributed by atoms with van der Waals surface area (Å²) in [4.78, 5) is 24.2. The zero-order valence-corrected chi connectivity index (χ0v) is 12.5. The fraction of sp³-hybridized carbons (Fsp3) is 0.250. The summed E-state index contributed by atoms with van der Waals surface area (Å²) in [5, 5.41) is 0.588. The summed E-state index contributed by atoms with van der Waals surface area (Å²) >= 11 is 5.86. The molecule has 108 valence electrons. The van der Waals surface area contributed by atoms with E-state index in [1.165, 1.54) is 0 Å². The molecule has 1 aromatic heterocycles. The minimum Gasteiger partial charge on any atom is -0.424 e. The van der Waals surface area contributed by atoms with Crippen LogP contribution in [0.15, 0.2) is 24.3 Å². The molecule has 1 aliphatic heterocycles. The quantitative estimate of drug-likeness (QED) is 0.647. The normalized spacial score (nSPS) is 13.2. The van der Waals surface area contributed by atoms with Gasteiger partial charge in [-0.05, 0) is 30.7 Å². The van der Waals surface area contributed by atoms with Gasteiger partial charge in [0.1, 0.15) is 0 Å². The van der Waals surface area contributed by atoms with Crippen molar-refractivity contribution in [3.8, 4) is 5.75 Å². The molecule has 0 spiro atoms. The molecule has 2 heterocycles. The van der Waals surface area contributed by atoms with Crippen molar-refractivity contribution in [1.29, 1.82) is 0 Å². The second-order valence-electron chi connectivity index (χ2n) is 5.00. The maximum Gasteiger partial charge on any atom is 0.317 e. The number of carbonyl (C=O) groups is 2. The predicted octanol–water partition coefficient (Wildman–Crippen LogP) is 2.93. The summed E-state index contributed by atoms with van der Waals surface area (Å²) in [6, 6.07) is 6.79. The summed E-state index contributed by atoms with van der Waals surface area (Å²) in [7, 11) is 1.79. The van der Waals surface area contributed by atoms with Gasteiger partial charge in [-0.25, -0.2) is 0 Å². The highest BCUT2D eigenvalue weighted by atomic mass is 35.5. The standard InChI is InChI=1S/C16H14ClNO3/c1-3-11-14(15(20)9-4-6-10(17)7-5-9)18(2)12-8-13(19)21-16(11)12/h4-7H,3,8H2,1-2H3. The Morgan fingerprint density at radius 3 is 2.62 bits per heavy atom. The van der Waals surface area contributed by atoms with Crippen LogP contribution in [-0.2, 0) is 24.7 Å². The number of benzene rings is 1. The molecule has 0 unspecified atom stereocenters. The van der Waals surface area contributed by atoms with Crippen molar-refractivity contribution < 1.29 is 14.3 Å².